The highest BCUT2D eigenvalue weighted by atomic mass is 16.5. The Balaban J connectivity index is 1.95. The van der Waals surface area contributed by atoms with E-state index in [4.69, 9.17) is 14.2 Å². The minimum atomic E-state index is -0.466. The van der Waals surface area contributed by atoms with Crippen LogP contribution in [-0.2, 0) is 16.0 Å². The van der Waals surface area contributed by atoms with Crippen molar-refractivity contribution in [2.45, 2.75) is 32.7 Å². The van der Waals surface area contributed by atoms with Crippen LogP contribution in [0, 0.1) is 13.8 Å². The molecule has 0 saturated carbocycles. The van der Waals surface area contributed by atoms with Crippen molar-refractivity contribution in [2.75, 3.05) is 33.2 Å². The minimum Gasteiger partial charge on any atom is -0.493 e. The molecule has 1 aliphatic heterocycles. The van der Waals surface area contributed by atoms with Crippen molar-refractivity contribution < 1.29 is 23.8 Å². The fourth-order valence-electron chi connectivity index (χ4n) is 3.97. The molecule has 0 aliphatic carbocycles. The van der Waals surface area contributed by atoms with Crippen molar-refractivity contribution >= 4 is 17.7 Å². The number of esters is 1. The van der Waals surface area contributed by atoms with Crippen molar-refractivity contribution in [2.24, 2.45) is 0 Å². The van der Waals surface area contributed by atoms with E-state index in [-0.39, 0.29) is 18.4 Å². The number of nitrogens with one attached hydrogen (secondary N) is 1. The number of rotatable bonds is 5. The summed E-state index contributed by atoms with van der Waals surface area (Å²) in [6.07, 6.45) is 0.701. The summed E-state index contributed by atoms with van der Waals surface area (Å²) in [4.78, 5) is 27.0. The lowest BCUT2D eigenvalue weighted by molar-refractivity contribution is -0.141. The molecule has 0 radical (unpaired) electrons. The van der Waals surface area contributed by atoms with E-state index < -0.39 is 6.04 Å². The Morgan fingerprint density at radius 1 is 1.00 bits per heavy atom. The lowest BCUT2D eigenvalue weighted by Gasteiger charge is -2.37. The molecule has 1 heterocycles. The molecule has 0 bridgehead atoms. The predicted molar refractivity (Wildman–Crippen MR) is 114 cm³/mol. The molecule has 7 nitrogen and oxygen atoms in total. The third kappa shape index (κ3) is 4.50. The molecule has 3 rings (SSSR count). The van der Waals surface area contributed by atoms with Crippen LogP contribution in [0.2, 0.25) is 0 Å². The van der Waals surface area contributed by atoms with Crippen LogP contribution in [0.5, 0.6) is 11.5 Å². The Kier molecular flexibility index (Phi) is 6.50. The highest BCUT2D eigenvalue weighted by molar-refractivity contribution is 5.90. The first-order chi connectivity index (χ1) is 14.4. The van der Waals surface area contributed by atoms with Gasteiger partial charge in [0, 0.05) is 12.2 Å². The van der Waals surface area contributed by atoms with Gasteiger partial charge in [0.1, 0.15) is 0 Å². The smallest absolute Gasteiger partial charge is 0.322 e. The zero-order chi connectivity index (χ0) is 21.8. The maximum Gasteiger partial charge on any atom is 0.322 e. The summed E-state index contributed by atoms with van der Waals surface area (Å²) in [6.45, 7) is 4.44. The normalized spacial score (nSPS) is 15.2. The fraction of sp³-hybridized carbons (Fsp3) is 0.391. The molecule has 0 aromatic heterocycles. The van der Waals surface area contributed by atoms with Crippen LogP contribution < -0.4 is 14.8 Å². The standard InChI is InChI=1S/C23H28N2O5/c1-14-8-15(2)10-17(9-14)24-23(27)25-7-6-16-11-20(28-3)21(29-4)12-18(16)19(25)13-22(26)30-5/h8-12,19H,6-7,13H2,1-5H3,(H,24,27)/t19-/m0/s1. The number of amides is 2. The molecule has 7 heteroatoms. The number of hydrogen-bond acceptors (Lipinski definition) is 5. The topological polar surface area (TPSA) is 77.1 Å². The maximum absolute atomic E-state index is 13.2. The number of anilines is 1. The van der Waals surface area contributed by atoms with Crippen LogP contribution in [0.4, 0.5) is 10.5 Å². The second kappa shape index (κ2) is 9.07. The number of aryl methyl sites for hydroxylation is 2. The number of urea groups is 1. The third-order valence-electron chi connectivity index (χ3n) is 5.32. The molecule has 0 saturated heterocycles. The summed E-state index contributed by atoms with van der Waals surface area (Å²) in [5, 5.41) is 2.98. The molecule has 2 amide bonds. The fourth-order valence-corrected chi connectivity index (χ4v) is 3.97. The van der Waals surface area contributed by atoms with Crippen LogP contribution in [0.25, 0.3) is 0 Å². The van der Waals surface area contributed by atoms with Crippen LogP contribution in [0.3, 0.4) is 0 Å². The lowest BCUT2D eigenvalue weighted by atomic mass is 9.90. The number of methoxy groups -OCH3 is 3. The van der Waals surface area contributed by atoms with E-state index in [0.29, 0.717) is 24.5 Å². The predicted octanol–water partition coefficient (Wildman–Crippen LogP) is 4.02. The van der Waals surface area contributed by atoms with Gasteiger partial charge in [0.05, 0.1) is 33.8 Å². The van der Waals surface area contributed by atoms with Crippen LogP contribution in [0.15, 0.2) is 30.3 Å². The summed E-state index contributed by atoms with van der Waals surface area (Å²) in [5.74, 6) is 0.802. The van der Waals surface area contributed by atoms with E-state index in [9.17, 15) is 9.59 Å². The first-order valence-corrected chi connectivity index (χ1v) is 9.83. The van der Waals surface area contributed by atoms with Crippen molar-refractivity contribution in [1.82, 2.24) is 4.90 Å². The number of nitrogens with zero attached hydrogens (tertiary/aromatic N) is 1. The minimum absolute atomic E-state index is 0.0548. The molecular formula is C23H28N2O5. The van der Waals surface area contributed by atoms with E-state index >= 15 is 0 Å². The summed E-state index contributed by atoms with van der Waals surface area (Å²) in [7, 11) is 4.50. The molecule has 2 aromatic rings. The summed E-state index contributed by atoms with van der Waals surface area (Å²) in [5.41, 5.74) is 4.75. The van der Waals surface area contributed by atoms with Crippen molar-refractivity contribution in [3.8, 4) is 11.5 Å². The van der Waals surface area contributed by atoms with Gasteiger partial charge in [-0.05, 0) is 66.8 Å². The zero-order valence-corrected chi connectivity index (χ0v) is 18.1. The van der Waals surface area contributed by atoms with Gasteiger partial charge in [-0.2, -0.15) is 0 Å². The number of carbonyl (C=O) groups is 2. The van der Waals surface area contributed by atoms with Gasteiger partial charge in [-0.25, -0.2) is 4.79 Å². The molecular weight excluding hydrogens is 384 g/mol. The van der Waals surface area contributed by atoms with Crippen molar-refractivity contribution in [3.63, 3.8) is 0 Å². The molecule has 2 aromatic carbocycles. The average molecular weight is 412 g/mol. The first-order valence-electron chi connectivity index (χ1n) is 9.83. The Morgan fingerprint density at radius 3 is 2.23 bits per heavy atom. The molecule has 0 unspecified atom stereocenters. The van der Waals surface area contributed by atoms with Crippen molar-refractivity contribution in [1.29, 1.82) is 0 Å². The molecule has 1 atom stereocenters. The van der Waals surface area contributed by atoms with Crippen LogP contribution >= 0.6 is 0 Å². The molecule has 1 aliphatic rings. The second-order valence-electron chi connectivity index (χ2n) is 7.45. The molecule has 30 heavy (non-hydrogen) atoms. The van der Waals surface area contributed by atoms with Gasteiger partial charge >= 0.3 is 12.0 Å². The summed E-state index contributed by atoms with van der Waals surface area (Å²) in [6, 6.07) is 8.93. The third-order valence-corrected chi connectivity index (χ3v) is 5.32. The quantitative estimate of drug-likeness (QED) is 0.751. The molecule has 160 valence electrons. The van der Waals surface area contributed by atoms with Crippen molar-refractivity contribution in [3.05, 3.63) is 52.6 Å². The second-order valence-corrected chi connectivity index (χ2v) is 7.45. The van der Waals surface area contributed by atoms with Gasteiger partial charge in [0.15, 0.2) is 11.5 Å². The first kappa shape index (κ1) is 21.5. The number of fused-ring (bicyclic) bond motifs is 1. The van der Waals surface area contributed by atoms with Crippen LogP contribution in [0.1, 0.15) is 34.7 Å². The van der Waals surface area contributed by atoms with Gasteiger partial charge in [-0.3, -0.25) is 4.79 Å². The van der Waals surface area contributed by atoms with E-state index in [0.717, 1.165) is 27.9 Å². The molecule has 0 spiro atoms. The van der Waals surface area contributed by atoms with E-state index in [1.165, 1.54) is 7.11 Å². The van der Waals surface area contributed by atoms with Crippen LogP contribution in [-0.4, -0.2) is 44.8 Å². The highest BCUT2D eigenvalue weighted by Crippen LogP contribution is 2.39. The SMILES string of the molecule is COC(=O)C[C@H]1c2cc(OC)c(OC)cc2CCN1C(=O)Nc1cc(C)cc(C)c1. The Morgan fingerprint density at radius 2 is 1.63 bits per heavy atom. The van der Waals surface area contributed by atoms with Gasteiger partial charge in [-0.1, -0.05) is 6.07 Å². The molecule has 1 N–H and O–H groups in total. The van der Waals surface area contributed by atoms with E-state index in [2.05, 4.69) is 5.32 Å². The maximum atomic E-state index is 13.2. The number of ether oxygens (including phenoxy) is 3. The Labute approximate surface area is 176 Å². The number of benzene rings is 2. The number of carbonyl (C=O) groups excluding carboxylic acids is 2. The average Bonchev–Trinajstić information content (AvgIpc) is 2.71. The monoisotopic (exact) mass is 412 g/mol. The van der Waals surface area contributed by atoms with Gasteiger partial charge in [0.25, 0.3) is 0 Å². The van der Waals surface area contributed by atoms with Gasteiger partial charge in [-0.15, -0.1) is 0 Å². The van der Waals surface area contributed by atoms with E-state index in [1.54, 1.807) is 19.1 Å². The lowest BCUT2D eigenvalue weighted by Crippen LogP contribution is -2.43. The highest BCUT2D eigenvalue weighted by Gasteiger charge is 2.34. The zero-order valence-electron chi connectivity index (χ0n) is 18.1. The van der Waals surface area contributed by atoms with Gasteiger partial charge < -0.3 is 24.4 Å². The number of hydrogen-bond donors (Lipinski definition) is 1. The molecule has 0 fully saturated rings. The Hall–Kier alpha value is -3.22. The van der Waals surface area contributed by atoms with Gasteiger partial charge in [0.2, 0.25) is 0 Å². The largest absolute Gasteiger partial charge is 0.493 e. The summed E-state index contributed by atoms with van der Waals surface area (Å²) >= 11 is 0. The Bertz CT molecular complexity index is 937. The summed E-state index contributed by atoms with van der Waals surface area (Å²) < 4.78 is 15.7. The van der Waals surface area contributed by atoms with E-state index in [1.807, 2.05) is 44.2 Å².